The number of likely N-dealkylation sites (tertiary alicyclic amines) is 1. The van der Waals surface area contributed by atoms with E-state index in [1.165, 1.54) is 24.8 Å². The number of rotatable bonds is 4. The lowest BCUT2D eigenvalue weighted by atomic mass is 9.98. The average Bonchev–Trinajstić information content (AvgIpc) is 3.03. The Morgan fingerprint density at radius 3 is 2.48 bits per heavy atom. The second kappa shape index (κ2) is 8.03. The number of hydrogen-bond donors (Lipinski definition) is 1. The van der Waals surface area contributed by atoms with Crippen molar-refractivity contribution in [2.24, 2.45) is 0 Å². The van der Waals surface area contributed by atoms with Gasteiger partial charge in [0.25, 0.3) is 0 Å². The molecule has 1 N–H and O–H groups in total. The Kier molecular flexibility index (Phi) is 5.46. The van der Waals surface area contributed by atoms with Crippen LogP contribution in [0.2, 0.25) is 0 Å². The normalized spacial score (nSPS) is 18.3. The van der Waals surface area contributed by atoms with Gasteiger partial charge in [0.15, 0.2) is 5.76 Å². The van der Waals surface area contributed by atoms with Gasteiger partial charge in [-0.25, -0.2) is 0 Å². The number of aromatic hydroxyl groups is 1. The lowest BCUT2D eigenvalue weighted by Gasteiger charge is -2.27. The Morgan fingerprint density at radius 2 is 1.83 bits per heavy atom. The van der Waals surface area contributed by atoms with E-state index in [2.05, 4.69) is 30.9 Å². The Hall–Kier alpha value is -2.59. The predicted octanol–water partition coefficient (Wildman–Crippen LogP) is 5.43. The number of phenolic OH excluding ortho intramolecular Hbond substituents is 1. The van der Waals surface area contributed by atoms with Crippen LogP contribution in [0, 0.1) is 6.92 Å². The monoisotopic (exact) mass is 391 g/mol. The minimum absolute atomic E-state index is 0.106. The molecule has 4 nitrogen and oxygen atoms in total. The summed E-state index contributed by atoms with van der Waals surface area (Å²) in [5.74, 6) is 1.43. The van der Waals surface area contributed by atoms with Crippen molar-refractivity contribution in [3.63, 3.8) is 0 Å². The van der Waals surface area contributed by atoms with Gasteiger partial charge in [-0.2, -0.15) is 0 Å². The van der Waals surface area contributed by atoms with Crippen LogP contribution in [0.1, 0.15) is 71.6 Å². The smallest absolute Gasteiger partial charge is 0.232 e. The van der Waals surface area contributed by atoms with Crippen LogP contribution in [0.4, 0.5) is 0 Å². The van der Waals surface area contributed by atoms with Crippen molar-refractivity contribution in [2.75, 3.05) is 13.1 Å². The van der Waals surface area contributed by atoms with Crippen LogP contribution in [0.5, 0.6) is 11.5 Å². The highest BCUT2D eigenvalue weighted by Gasteiger charge is 2.33. The standard InChI is InChI=1S/C25H29NO3/c1-16(2)19-9-7-18(8-10-19)14-22-24(28)23-17(3)13-21(27)20(25(23)29-22)15-26-11-5-4-6-12-26/h7-10,13-14,16,27H,4-6,11-12,15H2,1-3H3/b22-14-. The van der Waals surface area contributed by atoms with Crippen LogP contribution in [0.25, 0.3) is 6.08 Å². The summed E-state index contributed by atoms with van der Waals surface area (Å²) in [6, 6.07) is 9.90. The summed E-state index contributed by atoms with van der Waals surface area (Å²) >= 11 is 0. The van der Waals surface area contributed by atoms with Crippen molar-refractivity contribution in [3.8, 4) is 11.5 Å². The zero-order chi connectivity index (χ0) is 20.5. The van der Waals surface area contributed by atoms with Gasteiger partial charge in [0.1, 0.15) is 11.5 Å². The molecule has 0 radical (unpaired) electrons. The number of hydrogen-bond acceptors (Lipinski definition) is 4. The molecule has 2 heterocycles. The summed E-state index contributed by atoms with van der Waals surface area (Å²) in [6.07, 6.45) is 5.40. The van der Waals surface area contributed by atoms with E-state index in [-0.39, 0.29) is 11.5 Å². The third-order valence-corrected chi connectivity index (χ3v) is 5.95. The van der Waals surface area contributed by atoms with Crippen molar-refractivity contribution in [1.82, 2.24) is 4.90 Å². The first-order valence-electron chi connectivity index (χ1n) is 10.6. The third-order valence-electron chi connectivity index (χ3n) is 5.95. The van der Waals surface area contributed by atoms with E-state index in [9.17, 15) is 9.90 Å². The zero-order valence-corrected chi connectivity index (χ0v) is 17.5. The Bertz CT molecular complexity index is 951. The largest absolute Gasteiger partial charge is 0.507 e. The van der Waals surface area contributed by atoms with Crippen LogP contribution in [0.15, 0.2) is 36.1 Å². The molecule has 0 amide bonds. The lowest BCUT2D eigenvalue weighted by Crippen LogP contribution is -2.29. The number of aryl methyl sites for hydroxylation is 1. The van der Waals surface area contributed by atoms with E-state index in [0.717, 1.165) is 29.8 Å². The maximum atomic E-state index is 13.1. The molecule has 152 valence electrons. The van der Waals surface area contributed by atoms with Crippen molar-refractivity contribution >= 4 is 11.9 Å². The number of phenols is 1. The van der Waals surface area contributed by atoms with Gasteiger partial charge >= 0.3 is 0 Å². The maximum absolute atomic E-state index is 13.1. The summed E-state index contributed by atoms with van der Waals surface area (Å²) in [6.45, 7) is 8.81. The summed E-state index contributed by atoms with van der Waals surface area (Å²) in [7, 11) is 0. The van der Waals surface area contributed by atoms with Gasteiger partial charge < -0.3 is 9.84 Å². The molecule has 0 aromatic heterocycles. The fourth-order valence-electron chi connectivity index (χ4n) is 4.20. The van der Waals surface area contributed by atoms with Crippen molar-refractivity contribution in [1.29, 1.82) is 0 Å². The van der Waals surface area contributed by atoms with Gasteiger partial charge in [-0.15, -0.1) is 0 Å². The number of nitrogens with zero attached hydrogens (tertiary/aromatic N) is 1. The number of piperidine rings is 1. The number of ether oxygens (including phenoxy) is 1. The van der Waals surface area contributed by atoms with Crippen LogP contribution < -0.4 is 4.74 Å². The number of allylic oxidation sites excluding steroid dienone is 1. The number of carbonyl (C=O) groups excluding carboxylic acids is 1. The molecule has 29 heavy (non-hydrogen) atoms. The molecule has 1 saturated heterocycles. The lowest BCUT2D eigenvalue weighted by molar-refractivity contribution is 0.101. The van der Waals surface area contributed by atoms with Gasteiger partial charge in [-0.1, -0.05) is 44.5 Å². The van der Waals surface area contributed by atoms with Crippen LogP contribution in [0.3, 0.4) is 0 Å². The summed E-state index contributed by atoms with van der Waals surface area (Å²) in [4.78, 5) is 15.4. The summed E-state index contributed by atoms with van der Waals surface area (Å²) in [5, 5.41) is 10.6. The van der Waals surface area contributed by atoms with E-state index in [0.29, 0.717) is 29.5 Å². The number of Topliss-reactive ketones (excluding diaryl/α,β-unsaturated/α-hetero) is 1. The van der Waals surface area contributed by atoms with Gasteiger partial charge in [0.2, 0.25) is 5.78 Å². The van der Waals surface area contributed by atoms with E-state index in [1.807, 2.05) is 19.1 Å². The Balaban J connectivity index is 1.66. The van der Waals surface area contributed by atoms with Gasteiger partial charge in [0.05, 0.1) is 11.1 Å². The van der Waals surface area contributed by atoms with Crippen LogP contribution >= 0.6 is 0 Å². The minimum Gasteiger partial charge on any atom is -0.507 e. The van der Waals surface area contributed by atoms with E-state index in [4.69, 9.17) is 4.74 Å². The van der Waals surface area contributed by atoms with Crippen LogP contribution in [-0.4, -0.2) is 28.9 Å². The fraction of sp³-hybridized carbons (Fsp3) is 0.400. The van der Waals surface area contributed by atoms with Crippen LogP contribution in [-0.2, 0) is 6.54 Å². The van der Waals surface area contributed by atoms with E-state index in [1.54, 1.807) is 12.1 Å². The zero-order valence-electron chi connectivity index (χ0n) is 17.5. The second-order valence-electron chi connectivity index (χ2n) is 8.49. The van der Waals surface area contributed by atoms with E-state index < -0.39 is 0 Å². The molecule has 2 aliphatic rings. The SMILES string of the molecule is Cc1cc(O)c(CN2CCCCC2)c2c1C(=O)/C(=C/c1ccc(C(C)C)cc1)O2. The number of fused-ring (bicyclic) bond motifs is 1. The topological polar surface area (TPSA) is 49.8 Å². The molecule has 0 spiro atoms. The number of ketones is 1. The molecular weight excluding hydrogens is 362 g/mol. The third kappa shape index (κ3) is 3.95. The highest BCUT2D eigenvalue weighted by atomic mass is 16.5. The quantitative estimate of drug-likeness (QED) is 0.707. The first kappa shape index (κ1) is 19.7. The molecule has 1 fully saturated rings. The van der Waals surface area contributed by atoms with E-state index >= 15 is 0 Å². The Morgan fingerprint density at radius 1 is 1.14 bits per heavy atom. The second-order valence-corrected chi connectivity index (χ2v) is 8.49. The fourth-order valence-corrected chi connectivity index (χ4v) is 4.20. The molecule has 4 rings (SSSR count). The first-order valence-corrected chi connectivity index (χ1v) is 10.6. The van der Waals surface area contributed by atoms with Gasteiger partial charge in [-0.3, -0.25) is 9.69 Å². The molecule has 2 aliphatic heterocycles. The minimum atomic E-state index is -0.106. The molecule has 2 aromatic rings. The van der Waals surface area contributed by atoms with Crippen molar-refractivity contribution in [2.45, 2.75) is 52.5 Å². The molecule has 0 bridgehead atoms. The molecule has 2 aromatic carbocycles. The van der Waals surface area contributed by atoms with Crippen molar-refractivity contribution < 1.29 is 14.6 Å². The summed E-state index contributed by atoms with van der Waals surface area (Å²) < 4.78 is 6.06. The summed E-state index contributed by atoms with van der Waals surface area (Å²) in [5.41, 5.74) is 4.26. The highest BCUT2D eigenvalue weighted by molar-refractivity contribution is 6.15. The number of carbonyl (C=O) groups is 1. The van der Waals surface area contributed by atoms with Gasteiger partial charge in [-0.05, 0) is 67.6 Å². The highest BCUT2D eigenvalue weighted by Crippen LogP contribution is 2.42. The molecule has 0 unspecified atom stereocenters. The molecular formula is C25H29NO3. The first-order chi connectivity index (χ1) is 13.9. The maximum Gasteiger partial charge on any atom is 0.232 e. The molecule has 0 saturated carbocycles. The number of benzene rings is 2. The Labute approximate surface area is 172 Å². The molecule has 4 heteroatoms. The molecule has 0 aliphatic carbocycles. The van der Waals surface area contributed by atoms with Gasteiger partial charge in [0, 0.05) is 6.54 Å². The predicted molar refractivity (Wildman–Crippen MR) is 115 cm³/mol. The van der Waals surface area contributed by atoms with Crippen molar-refractivity contribution in [3.05, 3.63) is 63.9 Å². The molecule has 0 atom stereocenters. The average molecular weight is 392 g/mol.